The van der Waals surface area contributed by atoms with Gasteiger partial charge in [0, 0.05) is 0 Å². The molecule has 0 heteroatoms. The Morgan fingerprint density at radius 1 is 0.211 bits per heavy atom. The van der Waals surface area contributed by atoms with Crippen LogP contribution in [0, 0.1) is 0 Å². The zero-order chi connectivity index (χ0) is 24.8. The SMILES string of the molecule is c1ccc2c3cc4ccccc4c4cc5c6cc7ccccc7c-6cc6ccccc6c5cc4c-3cc2c1. The summed E-state index contributed by atoms with van der Waals surface area (Å²) in [5.41, 5.74) is 5.28. The third-order valence-corrected chi connectivity index (χ3v) is 8.52. The van der Waals surface area contributed by atoms with Gasteiger partial charge in [-0.05, 0) is 123 Å². The van der Waals surface area contributed by atoms with Gasteiger partial charge in [0.25, 0.3) is 0 Å². The van der Waals surface area contributed by atoms with Crippen LogP contribution in [-0.4, -0.2) is 0 Å². The molecule has 0 fully saturated rings. The predicted molar refractivity (Wildman–Crippen MR) is 165 cm³/mol. The zero-order valence-corrected chi connectivity index (χ0v) is 20.7. The minimum Gasteiger partial charge on any atom is -0.0616 e. The van der Waals surface area contributed by atoms with E-state index in [1.54, 1.807) is 0 Å². The van der Waals surface area contributed by atoms with E-state index < -0.39 is 0 Å². The van der Waals surface area contributed by atoms with E-state index in [4.69, 9.17) is 0 Å². The average Bonchev–Trinajstić information content (AvgIpc) is 3.43. The summed E-state index contributed by atoms with van der Waals surface area (Å²) in [6.07, 6.45) is 0. The zero-order valence-electron chi connectivity index (χ0n) is 20.7. The van der Waals surface area contributed by atoms with Crippen molar-refractivity contribution in [3.63, 3.8) is 0 Å². The molecule has 38 heavy (non-hydrogen) atoms. The van der Waals surface area contributed by atoms with E-state index in [-0.39, 0.29) is 0 Å². The maximum absolute atomic E-state index is 2.47. The number of benzene rings is 5. The maximum Gasteiger partial charge on any atom is -0.00921 e. The van der Waals surface area contributed by atoms with E-state index in [2.05, 4.69) is 133 Å². The molecule has 5 aromatic carbocycles. The lowest BCUT2D eigenvalue weighted by atomic mass is 9.96. The van der Waals surface area contributed by atoms with Crippen molar-refractivity contribution in [1.29, 1.82) is 0 Å². The topological polar surface area (TPSA) is 0 Å². The fraction of sp³-hybridized carbons (Fsp3) is 0. The Bertz CT molecular complexity index is 2170. The molecule has 0 radical (unpaired) electrons. The first-order chi connectivity index (χ1) is 18.8. The van der Waals surface area contributed by atoms with Gasteiger partial charge in [0.2, 0.25) is 0 Å². The van der Waals surface area contributed by atoms with Crippen molar-refractivity contribution in [1.82, 2.24) is 0 Å². The van der Waals surface area contributed by atoms with Crippen LogP contribution >= 0.6 is 0 Å². The second-order valence-electron chi connectivity index (χ2n) is 10.5. The van der Waals surface area contributed by atoms with Crippen LogP contribution in [0.2, 0.25) is 0 Å². The predicted octanol–water partition coefficient (Wildman–Crippen LogP) is 10.8. The first-order valence-electron chi connectivity index (χ1n) is 13.3. The average molecular weight is 479 g/mol. The molecule has 5 aromatic rings. The Hall–Kier alpha value is -4.94. The molecule has 0 aliphatic heterocycles. The van der Waals surface area contributed by atoms with Gasteiger partial charge in [0.1, 0.15) is 0 Å². The molecule has 0 bridgehead atoms. The van der Waals surface area contributed by atoms with Gasteiger partial charge in [-0.3, -0.25) is 0 Å². The number of fused-ring (bicyclic) bond motifs is 14. The van der Waals surface area contributed by atoms with Crippen LogP contribution in [0.3, 0.4) is 0 Å². The molecule has 9 rings (SSSR count). The molecule has 4 aliphatic carbocycles. The minimum absolute atomic E-state index is 1.28. The minimum atomic E-state index is 1.28. The first kappa shape index (κ1) is 20.2. The van der Waals surface area contributed by atoms with Crippen molar-refractivity contribution in [2.24, 2.45) is 0 Å². The summed E-state index contributed by atoms with van der Waals surface area (Å²) in [5, 5.41) is 15.6. The van der Waals surface area contributed by atoms with E-state index in [0.717, 1.165) is 0 Å². The van der Waals surface area contributed by atoms with Crippen molar-refractivity contribution >= 4 is 64.6 Å². The van der Waals surface area contributed by atoms with E-state index in [1.165, 1.54) is 86.9 Å². The lowest BCUT2D eigenvalue weighted by molar-refractivity contribution is 1.82. The fourth-order valence-corrected chi connectivity index (χ4v) is 6.79. The normalized spacial score (nSPS) is 12.2. The number of hydrogen-bond acceptors (Lipinski definition) is 0. The van der Waals surface area contributed by atoms with Crippen molar-refractivity contribution in [2.45, 2.75) is 0 Å². The largest absolute Gasteiger partial charge is 0.0616 e. The Balaban J connectivity index is 1.59. The molecule has 0 nitrogen and oxygen atoms in total. The van der Waals surface area contributed by atoms with Gasteiger partial charge in [0.05, 0.1) is 0 Å². The number of hydrogen-bond donors (Lipinski definition) is 0. The molecule has 0 aromatic heterocycles. The van der Waals surface area contributed by atoms with Crippen LogP contribution < -0.4 is 0 Å². The fourth-order valence-electron chi connectivity index (χ4n) is 6.79. The molecule has 0 atom stereocenters. The molecule has 0 heterocycles. The van der Waals surface area contributed by atoms with E-state index in [0.29, 0.717) is 0 Å². The lowest BCUT2D eigenvalue weighted by Crippen LogP contribution is -1.79. The summed E-state index contributed by atoms with van der Waals surface area (Å²) in [5.74, 6) is 0. The summed E-state index contributed by atoms with van der Waals surface area (Å²) in [7, 11) is 0. The van der Waals surface area contributed by atoms with Gasteiger partial charge >= 0.3 is 0 Å². The first-order valence-corrected chi connectivity index (χ1v) is 13.3. The summed E-state index contributed by atoms with van der Waals surface area (Å²) in [6.45, 7) is 0. The third-order valence-electron chi connectivity index (χ3n) is 8.52. The van der Waals surface area contributed by atoms with Crippen LogP contribution in [0.15, 0.2) is 133 Å². The van der Waals surface area contributed by atoms with Crippen LogP contribution in [0.1, 0.15) is 0 Å². The van der Waals surface area contributed by atoms with Gasteiger partial charge in [-0.2, -0.15) is 0 Å². The smallest absolute Gasteiger partial charge is 0.00921 e. The molecule has 0 unspecified atom stereocenters. The second-order valence-corrected chi connectivity index (χ2v) is 10.5. The van der Waals surface area contributed by atoms with Crippen molar-refractivity contribution in [3.05, 3.63) is 133 Å². The lowest BCUT2D eigenvalue weighted by Gasteiger charge is -2.07. The summed E-state index contributed by atoms with van der Waals surface area (Å²) >= 11 is 0. The highest BCUT2D eigenvalue weighted by atomic mass is 14.2. The highest BCUT2D eigenvalue weighted by molar-refractivity contribution is 6.26. The van der Waals surface area contributed by atoms with E-state index >= 15 is 0 Å². The van der Waals surface area contributed by atoms with Crippen molar-refractivity contribution < 1.29 is 0 Å². The van der Waals surface area contributed by atoms with Gasteiger partial charge in [-0.15, -0.1) is 0 Å². The molecule has 4 aliphatic rings. The highest BCUT2D eigenvalue weighted by Crippen LogP contribution is 2.46. The van der Waals surface area contributed by atoms with Crippen LogP contribution in [0.5, 0.6) is 0 Å². The quantitative estimate of drug-likeness (QED) is 0.203. The molecule has 174 valence electrons. The Morgan fingerprint density at radius 2 is 0.500 bits per heavy atom. The van der Waals surface area contributed by atoms with Crippen molar-refractivity contribution in [3.8, 4) is 22.3 Å². The molecule has 0 N–H and O–H groups in total. The Kier molecular flexibility index (Phi) is 3.88. The van der Waals surface area contributed by atoms with Gasteiger partial charge < -0.3 is 0 Å². The van der Waals surface area contributed by atoms with E-state index in [1.807, 2.05) is 0 Å². The Morgan fingerprint density at radius 3 is 0.895 bits per heavy atom. The van der Waals surface area contributed by atoms with Crippen LogP contribution in [-0.2, 0) is 0 Å². The van der Waals surface area contributed by atoms with Gasteiger partial charge in [-0.25, -0.2) is 0 Å². The monoisotopic (exact) mass is 478 g/mol. The molecular formula is C38H22. The summed E-state index contributed by atoms with van der Waals surface area (Å²) in [6, 6.07) is 49.8. The van der Waals surface area contributed by atoms with Gasteiger partial charge in [-0.1, -0.05) is 97.1 Å². The highest BCUT2D eigenvalue weighted by Gasteiger charge is 2.18. The standard InChI is InChI=1S/C38H22/c1-5-13-27-25(11-1)19-33-31(27)17-23-9-3-7-15-29(23)35-22-38-34-20-26-12-2-6-14-28(26)32(34)18-24-10-4-8-16-30(24)36(38)21-37(33)35/h1-22H. The molecule has 0 amide bonds. The number of rotatable bonds is 0. The van der Waals surface area contributed by atoms with Crippen LogP contribution in [0.4, 0.5) is 0 Å². The Labute approximate surface area is 220 Å². The molecule has 0 spiro atoms. The third kappa shape index (κ3) is 2.64. The molecular weight excluding hydrogens is 456 g/mol. The summed E-state index contributed by atoms with van der Waals surface area (Å²) in [4.78, 5) is 0. The summed E-state index contributed by atoms with van der Waals surface area (Å²) < 4.78 is 0. The maximum atomic E-state index is 2.47. The van der Waals surface area contributed by atoms with Gasteiger partial charge in [0.15, 0.2) is 0 Å². The molecule has 0 saturated heterocycles. The second kappa shape index (κ2) is 7.31. The molecule has 0 saturated carbocycles. The van der Waals surface area contributed by atoms with Crippen LogP contribution in [0.25, 0.3) is 86.9 Å². The van der Waals surface area contributed by atoms with E-state index in [9.17, 15) is 0 Å². The van der Waals surface area contributed by atoms with Crippen molar-refractivity contribution in [2.75, 3.05) is 0 Å².